The fraction of sp³-hybridized carbons (Fsp3) is 0.667. The van der Waals surface area contributed by atoms with E-state index in [-0.39, 0.29) is 18.0 Å². The van der Waals surface area contributed by atoms with Gasteiger partial charge in [-0.25, -0.2) is 14.8 Å². The molecule has 1 unspecified atom stereocenters. The van der Waals surface area contributed by atoms with Gasteiger partial charge in [-0.2, -0.15) is 0 Å². The number of nitrogens with zero attached hydrogens (tertiary/aromatic N) is 2. The largest absolute Gasteiger partial charge is 0.462 e. The Labute approximate surface area is 120 Å². The number of aromatic nitrogens is 2. The molecule has 5 heteroatoms. The van der Waals surface area contributed by atoms with E-state index in [1.807, 2.05) is 13.8 Å². The number of rotatable bonds is 7. The van der Waals surface area contributed by atoms with E-state index in [0.29, 0.717) is 23.7 Å². The van der Waals surface area contributed by atoms with Crippen molar-refractivity contribution in [2.45, 2.75) is 52.6 Å². The molecular formula is C15H24N2O3. The van der Waals surface area contributed by atoms with Gasteiger partial charge in [0.25, 0.3) is 0 Å². The minimum Gasteiger partial charge on any atom is -0.462 e. The van der Waals surface area contributed by atoms with Gasteiger partial charge in [-0.05, 0) is 19.3 Å². The molecule has 112 valence electrons. The summed E-state index contributed by atoms with van der Waals surface area (Å²) in [6, 6.07) is 0. The summed E-state index contributed by atoms with van der Waals surface area (Å²) in [6.45, 7) is 8.20. The van der Waals surface area contributed by atoms with Gasteiger partial charge < -0.3 is 9.47 Å². The van der Waals surface area contributed by atoms with Crippen molar-refractivity contribution in [3.63, 3.8) is 0 Å². The smallest absolute Gasteiger partial charge is 0.341 e. The summed E-state index contributed by atoms with van der Waals surface area (Å²) in [5.41, 5.74) is 1.16. The summed E-state index contributed by atoms with van der Waals surface area (Å²) in [4.78, 5) is 20.7. The number of methoxy groups -OCH3 is 1. The normalized spacial score (nSPS) is 12.5. The quantitative estimate of drug-likeness (QED) is 0.717. The van der Waals surface area contributed by atoms with Gasteiger partial charge in [-0.1, -0.05) is 27.2 Å². The minimum atomic E-state index is -0.368. The number of esters is 1. The van der Waals surface area contributed by atoms with Crippen molar-refractivity contribution in [1.82, 2.24) is 9.97 Å². The lowest BCUT2D eigenvalue weighted by atomic mass is 10.0. The Kier molecular flexibility index (Phi) is 6.58. The van der Waals surface area contributed by atoms with E-state index in [1.54, 1.807) is 20.2 Å². The van der Waals surface area contributed by atoms with Crippen LogP contribution >= 0.6 is 0 Å². The first-order valence-corrected chi connectivity index (χ1v) is 7.11. The molecule has 0 spiro atoms. The topological polar surface area (TPSA) is 61.3 Å². The van der Waals surface area contributed by atoms with Crippen LogP contribution in [0.4, 0.5) is 0 Å². The van der Waals surface area contributed by atoms with Gasteiger partial charge in [0.15, 0.2) is 5.82 Å². The first-order valence-electron chi connectivity index (χ1n) is 7.11. The zero-order valence-corrected chi connectivity index (χ0v) is 13.0. The van der Waals surface area contributed by atoms with Crippen LogP contribution < -0.4 is 0 Å². The van der Waals surface area contributed by atoms with Crippen LogP contribution in [0.25, 0.3) is 0 Å². The lowest BCUT2D eigenvalue weighted by molar-refractivity contribution is 0.0521. The molecule has 5 nitrogen and oxygen atoms in total. The Bertz CT molecular complexity index is 447. The van der Waals surface area contributed by atoms with Crippen LogP contribution in [0, 0.1) is 0 Å². The van der Waals surface area contributed by atoms with Crippen LogP contribution in [0.3, 0.4) is 0 Å². The standard InChI is InChI=1S/C15H24N2O3/c1-6-8-12(19-5)14-16-9-11(15(18)20-7-2)13(17-14)10(3)4/h9-10,12H,6-8H2,1-5H3. The first-order chi connectivity index (χ1) is 9.54. The lowest BCUT2D eigenvalue weighted by Crippen LogP contribution is -2.15. The molecule has 0 saturated carbocycles. The zero-order chi connectivity index (χ0) is 15.1. The predicted molar refractivity (Wildman–Crippen MR) is 76.7 cm³/mol. The molecule has 0 amide bonds. The Morgan fingerprint density at radius 3 is 2.55 bits per heavy atom. The average Bonchev–Trinajstić information content (AvgIpc) is 2.44. The van der Waals surface area contributed by atoms with Crippen LogP contribution in [0.1, 0.15) is 74.4 Å². The highest BCUT2D eigenvalue weighted by molar-refractivity contribution is 5.90. The second-order valence-electron chi connectivity index (χ2n) is 4.92. The summed E-state index contributed by atoms with van der Waals surface area (Å²) in [7, 11) is 1.65. The Hall–Kier alpha value is -1.49. The molecule has 0 saturated heterocycles. The maximum atomic E-state index is 11.9. The van der Waals surface area contributed by atoms with Gasteiger partial charge in [0.1, 0.15) is 6.10 Å². The first kappa shape index (κ1) is 16.6. The van der Waals surface area contributed by atoms with Crippen LogP contribution in [0.5, 0.6) is 0 Å². The Morgan fingerprint density at radius 1 is 1.35 bits per heavy atom. The molecule has 20 heavy (non-hydrogen) atoms. The zero-order valence-electron chi connectivity index (χ0n) is 13.0. The van der Waals surface area contributed by atoms with Gasteiger partial charge in [0, 0.05) is 13.3 Å². The van der Waals surface area contributed by atoms with E-state index in [9.17, 15) is 4.79 Å². The van der Waals surface area contributed by atoms with Crippen molar-refractivity contribution in [2.75, 3.05) is 13.7 Å². The molecule has 0 fully saturated rings. The molecule has 0 aliphatic heterocycles. The Morgan fingerprint density at radius 2 is 2.05 bits per heavy atom. The van der Waals surface area contributed by atoms with E-state index >= 15 is 0 Å². The highest BCUT2D eigenvalue weighted by atomic mass is 16.5. The summed E-state index contributed by atoms with van der Waals surface area (Å²) < 4.78 is 10.5. The molecule has 0 bridgehead atoms. The third-order valence-electron chi connectivity index (χ3n) is 3.00. The van der Waals surface area contributed by atoms with Crippen molar-refractivity contribution in [3.8, 4) is 0 Å². The van der Waals surface area contributed by atoms with Gasteiger partial charge in [0.2, 0.25) is 0 Å². The van der Waals surface area contributed by atoms with Gasteiger partial charge in [0.05, 0.1) is 17.9 Å². The van der Waals surface area contributed by atoms with Crippen LogP contribution in [-0.2, 0) is 9.47 Å². The maximum absolute atomic E-state index is 11.9. The van der Waals surface area contributed by atoms with E-state index < -0.39 is 0 Å². The van der Waals surface area contributed by atoms with Crippen LogP contribution in [0.15, 0.2) is 6.20 Å². The number of carbonyl (C=O) groups excluding carboxylic acids is 1. The summed E-state index contributed by atoms with van der Waals surface area (Å²) in [5.74, 6) is 0.383. The van der Waals surface area contributed by atoms with Crippen molar-refractivity contribution < 1.29 is 14.3 Å². The van der Waals surface area contributed by atoms with Crippen LogP contribution in [0.2, 0.25) is 0 Å². The molecule has 1 atom stereocenters. The molecule has 1 rings (SSSR count). The van der Waals surface area contributed by atoms with Gasteiger partial charge >= 0.3 is 5.97 Å². The maximum Gasteiger partial charge on any atom is 0.341 e. The van der Waals surface area contributed by atoms with E-state index in [1.165, 1.54) is 0 Å². The molecule has 0 aliphatic rings. The number of hydrogen-bond acceptors (Lipinski definition) is 5. The monoisotopic (exact) mass is 280 g/mol. The van der Waals surface area contributed by atoms with E-state index in [0.717, 1.165) is 12.8 Å². The molecule has 1 aromatic heterocycles. The van der Waals surface area contributed by atoms with E-state index in [2.05, 4.69) is 16.9 Å². The highest BCUT2D eigenvalue weighted by Crippen LogP contribution is 2.23. The number of carbonyl (C=O) groups is 1. The van der Waals surface area contributed by atoms with Gasteiger partial charge in [-0.3, -0.25) is 0 Å². The van der Waals surface area contributed by atoms with Crippen LogP contribution in [-0.4, -0.2) is 29.7 Å². The Balaban J connectivity index is 3.15. The lowest BCUT2D eigenvalue weighted by Gasteiger charge is -2.16. The fourth-order valence-electron chi connectivity index (χ4n) is 1.99. The highest BCUT2D eigenvalue weighted by Gasteiger charge is 2.21. The SMILES string of the molecule is CCCC(OC)c1ncc(C(=O)OCC)c(C(C)C)n1. The number of hydrogen-bond donors (Lipinski definition) is 0. The molecular weight excluding hydrogens is 256 g/mol. The second-order valence-corrected chi connectivity index (χ2v) is 4.92. The van der Waals surface area contributed by atoms with Crippen molar-refractivity contribution in [3.05, 3.63) is 23.3 Å². The summed E-state index contributed by atoms with van der Waals surface area (Å²) >= 11 is 0. The number of ether oxygens (including phenoxy) is 2. The third kappa shape index (κ3) is 4.00. The molecule has 0 N–H and O–H groups in total. The summed E-state index contributed by atoms with van der Waals surface area (Å²) in [6.07, 6.45) is 3.26. The third-order valence-corrected chi connectivity index (χ3v) is 3.00. The molecule has 1 aromatic rings. The second kappa shape index (κ2) is 7.94. The molecule has 1 heterocycles. The minimum absolute atomic E-state index is 0.121. The predicted octanol–water partition coefficient (Wildman–Crippen LogP) is 3.26. The fourth-order valence-corrected chi connectivity index (χ4v) is 1.99. The molecule has 0 aliphatic carbocycles. The van der Waals surface area contributed by atoms with Crippen molar-refractivity contribution >= 4 is 5.97 Å². The molecule has 0 aromatic carbocycles. The van der Waals surface area contributed by atoms with Crippen molar-refractivity contribution in [1.29, 1.82) is 0 Å². The van der Waals surface area contributed by atoms with Crippen molar-refractivity contribution in [2.24, 2.45) is 0 Å². The molecule has 0 radical (unpaired) electrons. The average molecular weight is 280 g/mol. The summed E-state index contributed by atoms with van der Waals surface area (Å²) in [5, 5.41) is 0. The van der Waals surface area contributed by atoms with Gasteiger partial charge in [-0.15, -0.1) is 0 Å². The van der Waals surface area contributed by atoms with E-state index in [4.69, 9.17) is 9.47 Å².